The van der Waals surface area contributed by atoms with Gasteiger partial charge in [0.25, 0.3) is 5.91 Å². The molecule has 0 aliphatic carbocycles. The van der Waals surface area contributed by atoms with E-state index < -0.39 is 24.0 Å². The standard InChI is InChI=1S/C25H26N4O6/c30-21-9-8-20(24(34)28-21)29-14-17-10-16(6-7-18(17)25(29)35)12-27-23(33)19(26-13-22(31)32)11-15-4-2-1-3-5-15/h1-7,10,19-20,26H,8-9,11-14H2,(H,27,33)(H,31,32)(H,28,30,34). The molecule has 1 fully saturated rings. The summed E-state index contributed by atoms with van der Waals surface area (Å²) in [5.41, 5.74) is 2.91. The summed E-state index contributed by atoms with van der Waals surface area (Å²) in [6.45, 7) is 0.0971. The molecule has 2 aromatic rings. The molecule has 10 nitrogen and oxygen atoms in total. The van der Waals surface area contributed by atoms with Gasteiger partial charge in [-0.2, -0.15) is 0 Å². The van der Waals surface area contributed by atoms with Gasteiger partial charge in [0.05, 0.1) is 12.6 Å². The minimum absolute atomic E-state index is 0.188. The van der Waals surface area contributed by atoms with Crippen molar-refractivity contribution < 1.29 is 29.1 Å². The second-order valence-electron chi connectivity index (χ2n) is 8.63. The van der Waals surface area contributed by atoms with Gasteiger partial charge in [-0.3, -0.25) is 34.6 Å². The van der Waals surface area contributed by atoms with Crippen molar-refractivity contribution in [2.45, 2.75) is 44.4 Å². The Bertz CT molecular complexity index is 1170. The van der Waals surface area contributed by atoms with Gasteiger partial charge in [-0.25, -0.2) is 0 Å². The summed E-state index contributed by atoms with van der Waals surface area (Å²) in [6, 6.07) is 13.1. The fourth-order valence-corrected chi connectivity index (χ4v) is 4.37. The number of carbonyl (C=O) groups is 5. The van der Waals surface area contributed by atoms with Crippen LogP contribution in [0.15, 0.2) is 48.5 Å². The van der Waals surface area contributed by atoms with Crippen molar-refractivity contribution in [2.75, 3.05) is 6.54 Å². The third kappa shape index (κ3) is 5.72. The first-order valence-electron chi connectivity index (χ1n) is 11.3. The van der Waals surface area contributed by atoms with Crippen LogP contribution in [-0.2, 0) is 38.7 Å². The Morgan fingerprint density at radius 3 is 2.57 bits per heavy atom. The first-order valence-corrected chi connectivity index (χ1v) is 11.3. The SMILES string of the molecule is O=C(O)CNC(Cc1ccccc1)C(=O)NCc1ccc2c(c1)CN(C1CCC(=O)NC1=O)C2=O. The van der Waals surface area contributed by atoms with Crippen LogP contribution in [0.25, 0.3) is 0 Å². The van der Waals surface area contributed by atoms with Gasteiger partial charge in [0.1, 0.15) is 6.04 Å². The molecule has 2 aliphatic heterocycles. The molecule has 182 valence electrons. The molecule has 2 heterocycles. The number of hydrogen-bond donors (Lipinski definition) is 4. The van der Waals surface area contributed by atoms with Crippen LogP contribution in [0.3, 0.4) is 0 Å². The monoisotopic (exact) mass is 478 g/mol. The molecule has 2 atom stereocenters. The van der Waals surface area contributed by atoms with Crippen molar-refractivity contribution >= 4 is 29.6 Å². The molecule has 35 heavy (non-hydrogen) atoms. The second kappa shape index (κ2) is 10.5. The number of carbonyl (C=O) groups excluding carboxylic acids is 4. The molecular weight excluding hydrogens is 452 g/mol. The number of imide groups is 1. The summed E-state index contributed by atoms with van der Waals surface area (Å²) in [4.78, 5) is 61.8. The Morgan fingerprint density at radius 1 is 1.09 bits per heavy atom. The maximum atomic E-state index is 12.8. The second-order valence-corrected chi connectivity index (χ2v) is 8.63. The molecule has 1 saturated heterocycles. The summed E-state index contributed by atoms with van der Waals surface area (Å²) >= 11 is 0. The Labute approximate surface area is 201 Å². The highest BCUT2D eigenvalue weighted by molar-refractivity contribution is 6.05. The molecule has 0 radical (unpaired) electrons. The molecule has 2 aliphatic rings. The molecule has 0 aromatic heterocycles. The van der Waals surface area contributed by atoms with Crippen LogP contribution in [0.2, 0.25) is 0 Å². The number of amides is 4. The zero-order valence-corrected chi connectivity index (χ0v) is 19.0. The van der Waals surface area contributed by atoms with Crippen LogP contribution >= 0.6 is 0 Å². The molecule has 4 N–H and O–H groups in total. The predicted molar refractivity (Wildman–Crippen MR) is 124 cm³/mol. The van der Waals surface area contributed by atoms with Crippen LogP contribution in [0.4, 0.5) is 0 Å². The Morgan fingerprint density at radius 2 is 1.86 bits per heavy atom. The average molecular weight is 479 g/mol. The van der Waals surface area contributed by atoms with Crippen LogP contribution in [0.1, 0.15) is 39.9 Å². The van der Waals surface area contributed by atoms with Gasteiger partial charge >= 0.3 is 5.97 Å². The fourth-order valence-electron chi connectivity index (χ4n) is 4.37. The van der Waals surface area contributed by atoms with Gasteiger partial charge < -0.3 is 15.3 Å². The highest BCUT2D eigenvalue weighted by Crippen LogP contribution is 2.28. The Kier molecular flexibility index (Phi) is 7.21. The van der Waals surface area contributed by atoms with E-state index in [1.807, 2.05) is 36.4 Å². The van der Waals surface area contributed by atoms with Crippen molar-refractivity contribution in [1.29, 1.82) is 0 Å². The number of aliphatic carboxylic acids is 1. The van der Waals surface area contributed by atoms with Crippen LogP contribution in [0, 0.1) is 0 Å². The van der Waals surface area contributed by atoms with Crippen molar-refractivity contribution in [2.24, 2.45) is 0 Å². The van der Waals surface area contributed by atoms with Gasteiger partial charge in [-0.1, -0.05) is 42.5 Å². The van der Waals surface area contributed by atoms with Gasteiger partial charge in [-0.05, 0) is 35.6 Å². The highest BCUT2D eigenvalue weighted by atomic mass is 16.4. The largest absolute Gasteiger partial charge is 0.480 e. The molecule has 10 heteroatoms. The predicted octanol–water partition coefficient (Wildman–Crippen LogP) is 0.349. The van der Waals surface area contributed by atoms with E-state index in [9.17, 15) is 24.0 Å². The molecule has 0 spiro atoms. The van der Waals surface area contributed by atoms with E-state index in [1.54, 1.807) is 12.1 Å². The molecule has 2 unspecified atom stereocenters. The summed E-state index contributed by atoms with van der Waals surface area (Å²) in [7, 11) is 0. The van der Waals surface area contributed by atoms with Crippen molar-refractivity contribution in [3.05, 3.63) is 70.8 Å². The third-order valence-electron chi connectivity index (χ3n) is 6.15. The summed E-state index contributed by atoms with van der Waals surface area (Å²) in [5.74, 6) is -2.45. The van der Waals surface area contributed by atoms with Gasteiger partial charge in [0.2, 0.25) is 17.7 Å². The normalized spacial score (nSPS) is 18.1. The molecule has 4 rings (SSSR count). The van der Waals surface area contributed by atoms with Gasteiger partial charge in [0.15, 0.2) is 0 Å². The first-order chi connectivity index (χ1) is 16.8. The van der Waals surface area contributed by atoms with E-state index in [2.05, 4.69) is 16.0 Å². The van der Waals surface area contributed by atoms with Crippen LogP contribution in [-0.4, -0.2) is 58.2 Å². The van der Waals surface area contributed by atoms with Crippen molar-refractivity contribution in [3.8, 4) is 0 Å². The lowest BCUT2D eigenvalue weighted by Gasteiger charge is -2.29. The Hall–Kier alpha value is -4.05. The summed E-state index contributed by atoms with van der Waals surface area (Å²) < 4.78 is 0. The van der Waals surface area contributed by atoms with E-state index in [-0.39, 0.29) is 43.8 Å². The lowest BCUT2D eigenvalue weighted by Crippen LogP contribution is -2.52. The van der Waals surface area contributed by atoms with Crippen LogP contribution in [0.5, 0.6) is 0 Å². The van der Waals surface area contributed by atoms with E-state index in [0.717, 1.165) is 16.7 Å². The number of carboxylic acid groups (broad SMARTS) is 1. The molecule has 0 saturated carbocycles. The quantitative estimate of drug-likeness (QED) is 0.381. The summed E-state index contributed by atoms with van der Waals surface area (Å²) in [5, 5.41) is 16.9. The maximum Gasteiger partial charge on any atom is 0.317 e. The minimum atomic E-state index is -1.06. The van der Waals surface area contributed by atoms with E-state index in [4.69, 9.17) is 5.11 Å². The average Bonchev–Trinajstić information content (AvgIpc) is 3.16. The molecule has 0 bridgehead atoms. The van der Waals surface area contributed by atoms with Gasteiger partial charge in [-0.15, -0.1) is 0 Å². The zero-order chi connectivity index (χ0) is 24.9. The molecular formula is C25H26N4O6. The topological polar surface area (TPSA) is 145 Å². The number of nitrogens with zero attached hydrogens (tertiary/aromatic N) is 1. The summed E-state index contributed by atoms with van der Waals surface area (Å²) in [6.07, 6.45) is 0.812. The number of nitrogens with one attached hydrogen (secondary N) is 3. The zero-order valence-electron chi connectivity index (χ0n) is 19.0. The van der Waals surface area contributed by atoms with E-state index in [0.29, 0.717) is 18.4 Å². The highest BCUT2D eigenvalue weighted by Gasteiger charge is 2.39. The number of carboxylic acids is 1. The molecule has 2 aromatic carbocycles. The number of fused-ring (bicyclic) bond motifs is 1. The van der Waals surface area contributed by atoms with E-state index >= 15 is 0 Å². The van der Waals surface area contributed by atoms with Crippen molar-refractivity contribution in [3.63, 3.8) is 0 Å². The fraction of sp³-hybridized carbons (Fsp3) is 0.320. The number of piperidine rings is 1. The molecule has 4 amide bonds. The minimum Gasteiger partial charge on any atom is -0.480 e. The third-order valence-corrected chi connectivity index (χ3v) is 6.15. The van der Waals surface area contributed by atoms with Crippen molar-refractivity contribution in [1.82, 2.24) is 20.9 Å². The smallest absolute Gasteiger partial charge is 0.317 e. The number of rotatable bonds is 9. The van der Waals surface area contributed by atoms with Crippen LogP contribution < -0.4 is 16.0 Å². The lowest BCUT2D eigenvalue weighted by molar-refractivity contribution is -0.138. The maximum absolute atomic E-state index is 12.8. The lowest BCUT2D eigenvalue weighted by atomic mass is 10.0. The number of hydrogen-bond acceptors (Lipinski definition) is 6. The first kappa shape index (κ1) is 24.1. The number of benzene rings is 2. The van der Waals surface area contributed by atoms with Gasteiger partial charge in [0, 0.05) is 25.1 Å². The van der Waals surface area contributed by atoms with E-state index in [1.165, 1.54) is 4.90 Å². The Balaban J connectivity index is 1.40.